The molecule has 1 aliphatic rings. The molecule has 3 rings (SSSR count). The minimum Gasteiger partial charge on any atom is -0.478 e. The van der Waals surface area contributed by atoms with Gasteiger partial charge in [-0.25, -0.2) is 9.78 Å². The number of nitrogens with zero attached hydrogens (tertiary/aromatic N) is 2. The summed E-state index contributed by atoms with van der Waals surface area (Å²) in [7, 11) is 0. The summed E-state index contributed by atoms with van der Waals surface area (Å²) >= 11 is 0. The van der Waals surface area contributed by atoms with Gasteiger partial charge in [-0.1, -0.05) is 6.42 Å². The number of rotatable bonds is 3. The average molecular weight is 259 g/mol. The molecule has 0 bridgehead atoms. The number of hydrogen-bond acceptors (Lipinski definition) is 3. The van der Waals surface area contributed by atoms with Gasteiger partial charge in [0.05, 0.1) is 11.3 Å². The zero-order chi connectivity index (χ0) is 13.2. The van der Waals surface area contributed by atoms with Crippen molar-refractivity contribution in [1.82, 2.24) is 14.7 Å². The zero-order valence-corrected chi connectivity index (χ0v) is 10.7. The van der Waals surface area contributed by atoms with E-state index >= 15 is 0 Å². The second-order valence-corrected chi connectivity index (χ2v) is 5.07. The van der Waals surface area contributed by atoms with E-state index < -0.39 is 5.97 Å². The summed E-state index contributed by atoms with van der Waals surface area (Å²) in [5, 5.41) is 12.5. The molecule has 1 atom stereocenters. The van der Waals surface area contributed by atoms with Crippen molar-refractivity contribution >= 4 is 11.6 Å². The van der Waals surface area contributed by atoms with Crippen LogP contribution in [0.4, 0.5) is 0 Å². The van der Waals surface area contributed by atoms with E-state index in [2.05, 4.69) is 10.3 Å². The molecule has 5 nitrogen and oxygen atoms in total. The maximum atomic E-state index is 10.9. The van der Waals surface area contributed by atoms with Gasteiger partial charge < -0.3 is 14.8 Å². The predicted octanol–water partition coefficient (Wildman–Crippen LogP) is 1.72. The molecule has 0 aromatic carbocycles. The maximum Gasteiger partial charge on any atom is 0.335 e. The summed E-state index contributed by atoms with van der Waals surface area (Å²) in [5.41, 5.74) is 1.99. The number of nitrogens with one attached hydrogen (secondary N) is 1. The zero-order valence-electron chi connectivity index (χ0n) is 10.7. The van der Waals surface area contributed by atoms with Gasteiger partial charge in [-0.2, -0.15) is 0 Å². The highest BCUT2D eigenvalue weighted by Gasteiger charge is 2.15. The summed E-state index contributed by atoms with van der Waals surface area (Å²) < 4.78 is 1.88. The lowest BCUT2D eigenvalue weighted by atomic mass is 10.0. The van der Waals surface area contributed by atoms with Crippen molar-refractivity contribution in [2.75, 3.05) is 6.54 Å². The highest BCUT2D eigenvalue weighted by atomic mass is 16.4. The van der Waals surface area contributed by atoms with Crippen molar-refractivity contribution in [3.05, 3.63) is 35.8 Å². The van der Waals surface area contributed by atoms with Crippen LogP contribution in [0.15, 0.2) is 24.5 Å². The van der Waals surface area contributed by atoms with Crippen LogP contribution in [-0.4, -0.2) is 33.0 Å². The van der Waals surface area contributed by atoms with Crippen molar-refractivity contribution in [2.45, 2.75) is 31.7 Å². The van der Waals surface area contributed by atoms with Gasteiger partial charge in [0.25, 0.3) is 0 Å². The van der Waals surface area contributed by atoms with Crippen LogP contribution in [0.1, 0.15) is 35.3 Å². The Hall–Kier alpha value is -1.88. The molecule has 2 aromatic heterocycles. The third-order valence-electron chi connectivity index (χ3n) is 3.62. The molecule has 0 amide bonds. The lowest BCUT2D eigenvalue weighted by Gasteiger charge is -2.22. The van der Waals surface area contributed by atoms with Gasteiger partial charge in [0.2, 0.25) is 0 Å². The molecule has 0 saturated carbocycles. The van der Waals surface area contributed by atoms with Gasteiger partial charge in [-0.15, -0.1) is 0 Å². The number of carboxylic acids is 1. The van der Waals surface area contributed by atoms with Crippen LogP contribution in [0, 0.1) is 0 Å². The predicted molar refractivity (Wildman–Crippen MR) is 71.5 cm³/mol. The first-order chi connectivity index (χ1) is 9.22. The lowest BCUT2D eigenvalue weighted by molar-refractivity contribution is 0.0697. The monoisotopic (exact) mass is 259 g/mol. The largest absolute Gasteiger partial charge is 0.478 e. The van der Waals surface area contributed by atoms with Crippen molar-refractivity contribution in [1.29, 1.82) is 0 Å². The Morgan fingerprint density at radius 2 is 2.42 bits per heavy atom. The molecule has 2 aromatic rings. The van der Waals surface area contributed by atoms with Crippen molar-refractivity contribution in [3.63, 3.8) is 0 Å². The Bertz CT molecular complexity index is 600. The van der Waals surface area contributed by atoms with Gasteiger partial charge in [-0.05, 0) is 31.5 Å². The highest BCUT2D eigenvalue weighted by Crippen LogP contribution is 2.14. The number of carbonyl (C=O) groups is 1. The van der Waals surface area contributed by atoms with E-state index in [0.29, 0.717) is 11.7 Å². The molecular weight excluding hydrogens is 242 g/mol. The van der Waals surface area contributed by atoms with E-state index in [4.69, 9.17) is 5.11 Å². The van der Waals surface area contributed by atoms with Crippen molar-refractivity contribution in [3.8, 4) is 0 Å². The summed E-state index contributed by atoms with van der Waals surface area (Å²) in [6.07, 6.45) is 8.36. The molecule has 19 heavy (non-hydrogen) atoms. The maximum absolute atomic E-state index is 10.9. The second-order valence-electron chi connectivity index (χ2n) is 5.07. The van der Waals surface area contributed by atoms with E-state index in [1.54, 1.807) is 18.3 Å². The van der Waals surface area contributed by atoms with E-state index in [1.807, 2.05) is 10.6 Å². The summed E-state index contributed by atoms with van der Waals surface area (Å²) in [6, 6.07) is 3.71. The Morgan fingerprint density at radius 3 is 3.16 bits per heavy atom. The van der Waals surface area contributed by atoms with Crippen molar-refractivity contribution in [2.24, 2.45) is 0 Å². The third kappa shape index (κ3) is 2.61. The number of pyridine rings is 1. The van der Waals surface area contributed by atoms with Crippen LogP contribution < -0.4 is 5.32 Å². The molecule has 1 aliphatic heterocycles. The fourth-order valence-corrected chi connectivity index (χ4v) is 2.62. The molecule has 1 unspecified atom stereocenters. The molecule has 1 saturated heterocycles. The molecule has 5 heteroatoms. The topological polar surface area (TPSA) is 66.6 Å². The minimum atomic E-state index is -0.916. The summed E-state index contributed by atoms with van der Waals surface area (Å²) in [4.78, 5) is 15.4. The molecule has 1 fully saturated rings. The Kier molecular flexibility index (Phi) is 3.21. The SMILES string of the molecule is O=C(O)c1ccn2cc(CC3CCCCN3)nc2c1. The van der Waals surface area contributed by atoms with Gasteiger partial charge in [-0.3, -0.25) is 0 Å². The Labute approximate surface area is 111 Å². The number of aromatic nitrogens is 2. The lowest BCUT2D eigenvalue weighted by Crippen LogP contribution is -2.35. The first-order valence-corrected chi connectivity index (χ1v) is 6.67. The molecule has 0 spiro atoms. The van der Waals surface area contributed by atoms with E-state index in [9.17, 15) is 4.79 Å². The molecular formula is C14H17N3O2. The average Bonchev–Trinajstić information content (AvgIpc) is 2.80. The Balaban J connectivity index is 1.82. The summed E-state index contributed by atoms with van der Waals surface area (Å²) in [5.74, 6) is -0.916. The fourth-order valence-electron chi connectivity index (χ4n) is 2.62. The van der Waals surface area contributed by atoms with E-state index in [0.717, 1.165) is 18.7 Å². The normalized spacial score (nSPS) is 19.7. The van der Waals surface area contributed by atoms with Gasteiger partial charge in [0.15, 0.2) is 0 Å². The number of imidazole rings is 1. The van der Waals surface area contributed by atoms with Crippen molar-refractivity contribution < 1.29 is 9.90 Å². The van der Waals surface area contributed by atoms with Crippen LogP contribution in [0.2, 0.25) is 0 Å². The molecule has 3 heterocycles. The Morgan fingerprint density at radius 1 is 1.53 bits per heavy atom. The quantitative estimate of drug-likeness (QED) is 0.880. The van der Waals surface area contributed by atoms with Crippen LogP contribution in [0.3, 0.4) is 0 Å². The van der Waals surface area contributed by atoms with Crippen LogP contribution in [-0.2, 0) is 6.42 Å². The first-order valence-electron chi connectivity index (χ1n) is 6.67. The molecule has 100 valence electrons. The fraction of sp³-hybridized carbons (Fsp3) is 0.429. The first kappa shape index (κ1) is 12.2. The van der Waals surface area contributed by atoms with Gasteiger partial charge >= 0.3 is 5.97 Å². The minimum absolute atomic E-state index is 0.278. The van der Waals surface area contributed by atoms with E-state index in [1.165, 1.54) is 19.3 Å². The van der Waals surface area contributed by atoms with Gasteiger partial charge in [0.1, 0.15) is 5.65 Å². The standard InChI is InChI=1S/C14H17N3O2/c18-14(19)10-4-6-17-9-12(16-13(17)7-10)8-11-3-1-2-5-15-11/h4,6-7,9,11,15H,1-3,5,8H2,(H,18,19). The molecule has 0 aliphatic carbocycles. The third-order valence-corrected chi connectivity index (χ3v) is 3.62. The number of fused-ring (bicyclic) bond motifs is 1. The number of piperidine rings is 1. The van der Waals surface area contributed by atoms with E-state index in [-0.39, 0.29) is 5.56 Å². The van der Waals surface area contributed by atoms with Crippen LogP contribution in [0.5, 0.6) is 0 Å². The second kappa shape index (κ2) is 5.01. The molecule has 0 radical (unpaired) electrons. The number of aromatic carboxylic acids is 1. The van der Waals surface area contributed by atoms with Crippen LogP contribution in [0.25, 0.3) is 5.65 Å². The number of carboxylic acid groups (broad SMARTS) is 1. The smallest absolute Gasteiger partial charge is 0.335 e. The summed E-state index contributed by atoms with van der Waals surface area (Å²) in [6.45, 7) is 1.08. The number of hydrogen-bond donors (Lipinski definition) is 2. The van der Waals surface area contributed by atoms with Gasteiger partial charge in [0, 0.05) is 24.9 Å². The van der Waals surface area contributed by atoms with Crippen LogP contribution >= 0.6 is 0 Å². The molecule has 2 N–H and O–H groups in total. The highest BCUT2D eigenvalue weighted by molar-refractivity contribution is 5.88.